The minimum absolute atomic E-state index is 0.0605. The lowest BCUT2D eigenvalue weighted by atomic mass is 9.86. The molecule has 1 saturated carbocycles. The van der Waals surface area contributed by atoms with E-state index < -0.39 is 4.92 Å². The summed E-state index contributed by atoms with van der Waals surface area (Å²) in [5, 5.41) is 24.1. The van der Waals surface area contributed by atoms with Crippen LogP contribution in [0.25, 0.3) is 0 Å². The van der Waals surface area contributed by atoms with Crippen LogP contribution in [0, 0.1) is 16.0 Å². The first-order valence-electron chi connectivity index (χ1n) is 7.30. The van der Waals surface area contributed by atoms with Gasteiger partial charge in [0, 0.05) is 43.0 Å². The van der Waals surface area contributed by atoms with Gasteiger partial charge in [0.1, 0.15) is 0 Å². The fraction of sp³-hybridized carbons (Fsp3) is 0.600. The molecule has 116 valence electrons. The van der Waals surface area contributed by atoms with Gasteiger partial charge in [-0.05, 0) is 18.9 Å². The highest BCUT2D eigenvalue weighted by molar-refractivity contribution is 5.55. The van der Waals surface area contributed by atoms with E-state index >= 15 is 0 Å². The molecule has 0 aromatic heterocycles. The number of hydrogen-bond acceptors (Lipinski definition) is 5. The highest BCUT2D eigenvalue weighted by Gasteiger charge is 2.23. The largest absolute Gasteiger partial charge is 0.393 e. The van der Waals surface area contributed by atoms with E-state index in [1.54, 1.807) is 13.2 Å². The molecule has 0 radical (unpaired) electrons. The van der Waals surface area contributed by atoms with Crippen LogP contribution in [0.4, 0.5) is 11.4 Å². The Morgan fingerprint density at radius 2 is 2.19 bits per heavy atom. The molecule has 0 amide bonds. The van der Waals surface area contributed by atoms with Crippen LogP contribution in [0.15, 0.2) is 18.2 Å². The third-order valence-electron chi connectivity index (χ3n) is 4.02. The molecule has 1 fully saturated rings. The molecule has 2 unspecified atom stereocenters. The Hall–Kier alpha value is -1.66. The van der Waals surface area contributed by atoms with E-state index in [9.17, 15) is 15.2 Å². The zero-order valence-electron chi connectivity index (χ0n) is 12.2. The number of anilines is 1. The van der Waals surface area contributed by atoms with Crippen molar-refractivity contribution < 1.29 is 14.8 Å². The molecule has 6 heteroatoms. The van der Waals surface area contributed by atoms with Crippen LogP contribution in [-0.2, 0) is 11.3 Å². The topological polar surface area (TPSA) is 84.6 Å². The number of non-ortho nitro benzene ring substituents is 1. The lowest BCUT2D eigenvalue weighted by Gasteiger charge is -2.28. The molecular weight excluding hydrogens is 272 g/mol. The molecule has 2 N–H and O–H groups in total. The van der Waals surface area contributed by atoms with Crippen LogP contribution in [0.3, 0.4) is 0 Å². The summed E-state index contributed by atoms with van der Waals surface area (Å²) >= 11 is 0. The Balaban J connectivity index is 2.05. The van der Waals surface area contributed by atoms with Crippen LogP contribution in [0.5, 0.6) is 0 Å². The molecule has 2 atom stereocenters. The van der Waals surface area contributed by atoms with Crippen LogP contribution < -0.4 is 5.32 Å². The molecule has 0 spiro atoms. The maximum Gasteiger partial charge on any atom is 0.269 e. The summed E-state index contributed by atoms with van der Waals surface area (Å²) in [5.41, 5.74) is 1.66. The van der Waals surface area contributed by atoms with Gasteiger partial charge in [-0.25, -0.2) is 0 Å². The molecule has 1 aliphatic carbocycles. The Kier molecular flexibility index (Phi) is 5.52. The number of nitrogens with zero attached hydrogens (tertiary/aromatic N) is 1. The number of ether oxygens (including phenoxy) is 1. The summed E-state index contributed by atoms with van der Waals surface area (Å²) in [7, 11) is 1.56. The summed E-state index contributed by atoms with van der Waals surface area (Å²) in [6, 6.07) is 4.73. The molecule has 6 nitrogen and oxygen atoms in total. The van der Waals surface area contributed by atoms with Crippen molar-refractivity contribution >= 4 is 11.4 Å². The predicted molar refractivity (Wildman–Crippen MR) is 80.3 cm³/mol. The van der Waals surface area contributed by atoms with Gasteiger partial charge in [-0.3, -0.25) is 10.1 Å². The molecule has 21 heavy (non-hydrogen) atoms. The first kappa shape index (κ1) is 15.7. The average Bonchev–Trinajstić information content (AvgIpc) is 2.47. The zero-order chi connectivity index (χ0) is 15.2. The van der Waals surface area contributed by atoms with Gasteiger partial charge in [0.25, 0.3) is 5.69 Å². The highest BCUT2D eigenvalue weighted by atomic mass is 16.6. The van der Waals surface area contributed by atoms with Crippen LogP contribution in [0.2, 0.25) is 0 Å². The second-order valence-corrected chi connectivity index (χ2v) is 5.52. The van der Waals surface area contributed by atoms with E-state index in [0.717, 1.165) is 36.9 Å². The van der Waals surface area contributed by atoms with Crippen LogP contribution in [0.1, 0.15) is 31.2 Å². The molecule has 0 saturated heterocycles. The number of nitro benzene ring substituents is 1. The SMILES string of the molecule is COCc1cc([N+](=O)[O-])ccc1NCC1CCCCC1O. The van der Waals surface area contributed by atoms with Gasteiger partial charge in [-0.15, -0.1) is 0 Å². The van der Waals surface area contributed by atoms with Crippen molar-refractivity contribution in [2.75, 3.05) is 19.0 Å². The normalized spacial score (nSPS) is 22.0. The van der Waals surface area contributed by atoms with Gasteiger partial charge in [0.15, 0.2) is 0 Å². The van der Waals surface area contributed by atoms with Crippen molar-refractivity contribution in [1.82, 2.24) is 0 Å². The van der Waals surface area contributed by atoms with Crippen molar-refractivity contribution in [3.8, 4) is 0 Å². The molecular formula is C15H22N2O4. The minimum Gasteiger partial charge on any atom is -0.393 e. The number of benzene rings is 1. The van der Waals surface area contributed by atoms with Gasteiger partial charge in [0.2, 0.25) is 0 Å². The van der Waals surface area contributed by atoms with Gasteiger partial charge >= 0.3 is 0 Å². The maximum absolute atomic E-state index is 10.8. The molecule has 0 heterocycles. The van der Waals surface area contributed by atoms with Crippen molar-refractivity contribution in [3.05, 3.63) is 33.9 Å². The van der Waals surface area contributed by atoms with Gasteiger partial charge < -0.3 is 15.2 Å². The third-order valence-corrected chi connectivity index (χ3v) is 4.02. The second-order valence-electron chi connectivity index (χ2n) is 5.52. The van der Waals surface area contributed by atoms with E-state index in [0.29, 0.717) is 13.2 Å². The first-order valence-corrected chi connectivity index (χ1v) is 7.30. The zero-order valence-corrected chi connectivity index (χ0v) is 12.2. The summed E-state index contributed by atoms with van der Waals surface area (Å²) in [6.45, 7) is 0.993. The van der Waals surface area contributed by atoms with E-state index in [1.807, 2.05) is 0 Å². The molecule has 0 aliphatic heterocycles. The fourth-order valence-corrected chi connectivity index (χ4v) is 2.81. The van der Waals surface area contributed by atoms with Gasteiger partial charge in [0.05, 0.1) is 17.6 Å². The number of nitro groups is 1. The number of aliphatic hydroxyl groups excluding tert-OH is 1. The lowest BCUT2D eigenvalue weighted by Crippen LogP contribution is -2.30. The van der Waals surface area contributed by atoms with E-state index in [1.165, 1.54) is 12.1 Å². The minimum atomic E-state index is -0.409. The Bertz CT molecular complexity index is 493. The quantitative estimate of drug-likeness (QED) is 0.622. The monoisotopic (exact) mass is 294 g/mol. The summed E-state index contributed by atoms with van der Waals surface area (Å²) in [5.74, 6) is 0.240. The van der Waals surface area contributed by atoms with Gasteiger partial charge in [-0.2, -0.15) is 0 Å². The Morgan fingerprint density at radius 1 is 1.43 bits per heavy atom. The Labute approximate surface area is 124 Å². The predicted octanol–water partition coefficient (Wildman–Crippen LogP) is 2.70. The number of nitrogens with one attached hydrogen (secondary N) is 1. The number of methoxy groups -OCH3 is 1. The molecule has 1 aromatic carbocycles. The van der Waals surface area contributed by atoms with E-state index in [4.69, 9.17) is 4.74 Å². The molecule has 0 bridgehead atoms. The highest BCUT2D eigenvalue weighted by Crippen LogP contribution is 2.27. The van der Waals surface area contributed by atoms with Crippen LogP contribution in [-0.4, -0.2) is 29.8 Å². The van der Waals surface area contributed by atoms with Crippen molar-refractivity contribution in [1.29, 1.82) is 0 Å². The van der Waals surface area contributed by atoms with Gasteiger partial charge in [-0.1, -0.05) is 12.8 Å². The molecule has 1 aliphatic rings. The molecule has 1 aromatic rings. The van der Waals surface area contributed by atoms with Crippen molar-refractivity contribution in [2.24, 2.45) is 5.92 Å². The summed E-state index contributed by atoms with van der Waals surface area (Å²) in [4.78, 5) is 10.4. The van der Waals surface area contributed by atoms with Crippen molar-refractivity contribution in [3.63, 3.8) is 0 Å². The smallest absolute Gasteiger partial charge is 0.269 e. The standard InChI is InChI=1S/C15H22N2O4/c1-21-10-12-8-13(17(19)20)6-7-14(12)16-9-11-4-2-3-5-15(11)18/h6-8,11,15-16,18H,2-5,9-10H2,1H3. The van der Waals surface area contributed by atoms with E-state index in [-0.39, 0.29) is 17.7 Å². The summed E-state index contributed by atoms with van der Waals surface area (Å²) < 4.78 is 5.10. The Morgan fingerprint density at radius 3 is 2.86 bits per heavy atom. The number of hydrogen-bond donors (Lipinski definition) is 2. The number of aliphatic hydroxyl groups is 1. The number of rotatable bonds is 6. The van der Waals surface area contributed by atoms with E-state index in [2.05, 4.69) is 5.32 Å². The summed E-state index contributed by atoms with van der Waals surface area (Å²) in [6.07, 6.45) is 3.85. The first-order chi connectivity index (χ1) is 10.1. The molecule has 2 rings (SSSR count). The average molecular weight is 294 g/mol. The maximum atomic E-state index is 10.8. The van der Waals surface area contributed by atoms with Crippen molar-refractivity contribution in [2.45, 2.75) is 38.4 Å². The third kappa shape index (κ3) is 4.15. The van der Waals surface area contributed by atoms with Crippen LogP contribution >= 0.6 is 0 Å². The second kappa shape index (κ2) is 7.38. The lowest BCUT2D eigenvalue weighted by molar-refractivity contribution is -0.384. The fourth-order valence-electron chi connectivity index (χ4n) is 2.81.